The maximum atomic E-state index is 11.2. The van der Waals surface area contributed by atoms with Crippen molar-refractivity contribution >= 4 is 16.7 Å². The lowest BCUT2D eigenvalue weighted by atomic mass is 10.0. The SMILES string of the molecule is CCC(=O)OCc1nccc2c(O)c(C)c(OC)cc12. The molecule has 0 saturated heterocycles. The second-order valence-corrected chi connectivity index (χ2v) is 4.42. The van der Waals surface area contributed by atoms with Gasteiger partial charge in [0.25, 0.3) is 0 Å². The fourth-order valence-electron chi connectivity index (χ4n) is 2.02. The summed E-state index contributed by atoms with van der Waals surface area (Å²) in [4.78, 5) is 15.5. The van der Waals surface area contributed by atoms with E-state index in [0.29, 0.717) is 28.8 Å². The third-order valence-corrected chi connectivity index (χ3v) is 3.21. The summed E-state index contributed by atoms with van der Waals surface area (Å²) in [6.45, 7) is 3.59. The van der Waals surface area contributed by atoms with Crippen LogP contribution in [-0.4, -0.2) is 23.2 Å². The second-order valence-electron chi connectivity index (χ2n) is 4.42. The van der Waals surface area contributed by atoms with Crippen molar-refractivity contribution in [3.8, 4) is 11.5 Å². The van der Waals surface area contributed by atoms with E-state index in [1.165, 1.54) is 0 Å². The third kappa shape index (κ3) is 2.52. The Kier molecular flexibility index (Phi) is 4.08. The van der Waals surface area contributed by atoms with Gasteiger partial charge in [-0.3, -0.25) is 9.78 Å². The van der Waals surface area contributed by atoms with Gasteiger partial charge in [0, 0.05) is 29.0 Å². The van der Waals surface area contributed by atoms with Crippen molar-refractivity contribution in [2.45, 2.75) is 26.9 Å². The lowest BCUT2D eigenvalue weighted by Gasteiger charge is -2.12. The monoisotopic (exact) mass is 275 g/mol. The predicted molar refractivity (Wildman–Crippen MR) is 74.8 cm³/mol. The average Bonchev–Trinajstić information content (AvgIpc) is 2.48. The molecule has 5 heteroatoms. The summed E-state index contributed by atoms with van der Waals surface area (Å²) in [5.41, 5.74) is 1.26. The van der Waals surface area contributed by atoms with E-state index >= 15 is 0 Å². The van der Waals surface area contributed by atoms with Gasteiger partial charge in [-0.25, -0.2) is 0 Å². The Balaban J connectivity index is 2.51. The van der Waals surface area contributed by atoms with Crippen molar-refractivity contribution in [2.24, 2.45) is 0 Å². The average molecular weight is 275 g/mol. The van der Waals surface area contributed by atoms with Crippen LogP contribution in [0.5, 0.6) is 11.5 Å². The molecule has 0 unspecified atom stereocenters. The Morgan fingerprint density at radius 2 is 2.15 bits per heavy atom. The molecule has 5 nitrogen and oxygen atoms in total. The first kappa shape index (κ1) is 14.1. The molecular formula is C15H17NO4. The predicted octanol–water partition coefficient (Wildman–Crippen LogP) is 2.71. The van der Waals surface area contributed by atoms with Crippen LogP contribution in [0.25, 0.3) is 10.8 Å². The molecule has 1 N–H and O–H groups in total. The summed E-state index contributed by atoms with van der Waals surface area (Å²) in [5, 5.41) is 11.6. The Labute approximate surface area is 117 Å². The van der Waals surface area contributed by atoms with Gasteiger partial charge in [-0.1, -0.05) is 6.92 Å². The van der Waals surface area contributed by atoms with E-state index in [1.807, 2.05) is 0 Å². The van der Waals surface area contributed by atoms with Crippen LogP contribution in [0, 0.1) is 6.92 Å². The summed E-state index contributed by atoms with van der Waals surface area (Å²) in [6.07, 6.45) is 1.90. The van der Waals surface area contributed by atoms with Crippen molar-refractivity contribution in [3.05, 3.63) is 29.6 Å². The zero-order valence-corrected chi connectivity index (χ0v) is 11.8. The molecule has 1 aromatic heterocycles. The highest BCUT2D eigenvalue weighted by Crippen LogP contribution is 2.36. The first-order chi connectivity index (χ1) is 9.58. The van der Waals surface area contributed by atoms with Gasteiger partial charge < -0.3 is 14.6 Å². The van der Waals surface area contributed by atoms with E-state index in [9.17, 15) is 9.90 Å². The van der Waals surface area contributed by atoms with Crippen LogP contribution >= 0.6 is 0 Å². The van der Waals surface area contributed by atoms with Gasteiger partial charge in [0.1, 0.15) is 18.1 Å². The maximum Gasteiger partial charge on any atom is 0.305 e. The number of carbonyl (C=O) groups excluding carboxylic acids is 1. The van der Waals surface area contributed by atoms with Crippen LogP contribution in [0.4, 0.5) is 0 Å². The smallest absolute Gasteiger partial charge is 0.305 e. The molecule has 0 aliphatic heterocycles. The minimum Gasteiger partial charge on any atom is -0.507 e. The molecule has 0 amide bonds. The number of fused-ring (bicyclic) bond motifs is 1. The third-order valence-electron chi connectivity index (χ3n) is 3.21. The highest BCUT2D eigenvalue weighted by atomic mass is 16.5. The fraction of sp³-hybridized carbons (Fsp3) is 0.333. The minimum atomic E-state index is -0.285. The standard InChI is InChI=1S/C15H17NO4/c1-4-14(17)20-8-12-11-7-13(19-3)9(2)15(18)10(11)5-6-16-12/h5-7,18H,4,8H2,1-3H3. The fourth-order valence-corrected chi connectivity index (χ4v) is 2.02. The van der Waals surface area contributed by atoms with Crippen LogP contribution in [0.1, 0.15) is 24.6 Å². The quantitative estimate of drug-likeness (QED) is 0.869. The minimum absolute atomic E-state index is 0.0790. The number of rotatable bonds is 4. The molecule has 0 aliphatic rings. The zero-order valence-electron chi connectivity index (χ0n) is 11.8. The van der Waals surface area contributed by atoms with Crippen molar-refractivity contribution < 1.29 is 19.4 Å². The van der Waals surface area contributed by atoms with E-state index in [1.54, 1.807) is 39.3 Å². The highest BCUT2D eigenvalue weighted by Gasteiger charge is 2.13. The molecule has 0 saturated carbocycles. The Morgan fingerprint density at radius 1 is 1.40 bits per heavy atom. The van der Waals surface area contributed by atoms with Crippen LogP contribution in [0.15, 0.2) is 18.3 Å². The lowest BCUT2D eigenvalue weighted by Crippen LogP contribution is -2.04. The molecule has 0 bridgehead atoms. The normalized spacial score (nSPS) is 10.6. The van der Waals surface area contributed by atoms with Gasteiger partial charge in [-0.2, -0.15) is 0 Å². The summed E-state index contributed by atoms with van der Waals surface area (Å²) >= 11 is 0. The van der Waals surface area contributed by atoms with Crippen molar-refractivity contribution in [1.82, 2.24) is 4.98 Å². The topological polar surface area (TPSA) is 68.7 Å². The summed E-state index contributed by atoms with van der Waals surface area (Å²) in [7, 11) is 1.54. The van der Waals surface area contributed by atoms with Gasteiger partial charge in [0.2, 0.25) is 0 Å². The molecule has 0 aliphatic carbocycles. The van der Waals surface area contributed by atoms with Gasteiger partial charge in [0.15, 0.2) is 0 Å². The van der Waals surface area contributed by atoms with E-state index in [-0.39, 0.29) is 18.3 Å². The lowest BCUT2D eigenvalue weighted by molar-refractivity contribution is -0.144. The number of hydrogen-bond acceptors (Lipinski definition) is 5. The number of phenols is 1. The van der Waals surface area contributed by atoms with E-state index in [4.69, 9.17) is 9.47 Å². The second kappa shape index (κ2) is 5.77. The summed E-state index contributed by atoms with van der Waals surface area (Å²) in [5.74, 6) is 0.447. The number of esters is 1. The van der Waals surface area contributed by atoms with Crippen LogP contribution in [0.3, 0.4) is 0 Å². The number of phenolic OH excluding ortho intramolecular Hbond substituents is 1. The largest absolute Gasteiger partial charge is 0.507 e. The Bertz CT molecular complexity index is 652. The highest BCUT2D eigenvalue weighted by molar-refractivity contribution is 5.92. The molecule has 1 aromatic carbocycles. The zero-order chi connectivity index (χ0) is 14.7. The summed E-state index contributed by atoms with van der Waals surface area (Å²) < 4.78 is 10.3. The Morgan fingerprint density at radius 3 is 2.80 bits per heavy atom. The first-order valence-electron chi connectivity index (χ1n) is 6.38. The van der Waals surface area contributed by atoms with Crippen molar-refractivity contribution in [2.75, 3.05) is 7.11 Å². The molecule has 106 valence electrons. The number of carbonyl (C=O) groups is 1. The number of aromatic nitrogens is 1. The van der Waals surface area contributed by atoms with Gasteiger partial charge >= 0.3 is 5.97 Å². The number of nitrogens with zero attached hydrogens (tertiary/aromatic N) is 1. The number of ether oxygens (including phenoxy) is 2. The number of methoxy groups -OCH3 is 1. The number of pyridine rings is 1. The van der Waals surface area contributed by atoms with E-state index in [2.05, 4.69) is 4.98 Å². The van der Waals surface area contributed by atoms with E-state index in [0.717, 1.165) is 5.39 Å². The Hall–Kier alpha value is -2.30. The van der Waals surface area contributed by atoms with Crippen LogP contribution in [-0.2, 0) is 16.1 Å². The molecule has 1 heterocycles. The van der Waals surface area contributed by atoms with Crippen LogP contribution < -0.4 is 4.74 Å². The van der Waals surface area contributed by atoms with Gasteiger partial charge in [-0.05, 0) is 19.1 Å². The van der Waals surface area contributed by atoms with Crippen molar-refractivity contribution in [1.29, 1.82) is 0 Å². The summed E-state index contributed by atoms with van der Waals surface area (Å²) in [6, 6.07) is 3.52. The molecule has 2 aromatic rings. The molecule has 0 radical (unpaired) electrons. The van der Waals surface area contributed by atoms with Crippen molar-refractivity contribution in [3.63, 3.8) is 0 Å². The molecule has 20 heavy (non-hydrogen) atoms. The molecule has 0 spiro atoms. The number of hydrogen-bond donors (Lipinski definition) is 1. The molecular weight excluding hydrogens is 258 g/mol. The van der Waals surface area contributed by atoms with Gasteiger partial charge in [-0.15, -0.1) is 0 Å². The van der Waals surface area contributed by atoms with E-state index < -0.39 is 0 Å². The maximum absolute atomic E-state index is 11.2. The van der Waals surface area contributed by atoms with Gasteiger partial charge in [0.05, 0.1) is 12.8 Å². The molecule has 2 rings (SSSR count). The van der Waals surface area contributed by atoms with Crippen LogP contribution in [0.2, 0.25) is 0 Å². The number of benzene rings is 1. The first-order valence-corrected chi connectivity index (χ1v) is 6.38. The molecule has 0 atom stereocenters. The molecule has 0 fully saturated rings. The number of aromatic hydroxyl groups is 1.